The number of thiophene rings is 1. The van der Waals surface area contributed by atoms with Gasteiger partial charge in [0.05, 0.1) is 0 Å². The molecule has 0 atom stereocenters. The zero-order valence-electron chi connectivity index (χ0n) is 6.01. The number of nitrogens with zero attached hydrogens (tertiary/aromatic N) is 1. The van der Waals surface area contributed by atoms with Crippen LogP contribution in [0.3, 0.4) is 0 Å². The van der Waals surface area contributed by atoms with Gasteiger partial charge in [0.2, 0.25) is 0 Å². The summed E-state index contributed by atoms with van der Waals surface area (Å²) in [6.45, 7) is 0. The van der Waals surface area contributed by atoms with E-state index in [-0.39, 0.29) is 0 Å². The average molecular weight is 230 g/mol. The Morgan fingerprint density at radius 3 is 2.91 bits per heavy atom. The van der Waals surface area contributed by atoms with Crippen LogP contribution >= 0.6 is 27.3 Å². The Morgan fingerprint density at radius 1 is 1.55 bits per heavy atom. The highest BCUT2D eigenvalue weighted by Gasteiger charge is 1.97. The van der Waals surface area contributed by atoms with Crippen molar-refractivity contribution >= 4 is 27.3 Å². The molecule has 1 heterocycles. The molecule has 0 aliphatic heterocycles. The zero-order chi connectivity index (χ0) is 8.10. The van der Waals surface area contributed by atoms with Gasteiger partial charge in [0.1, 0.15) is 10.9 Å². The molecule has 0 N–H and O–H groups in total. The van der Waals surface area contributed by atoms with Gasteiger partial charge in [-0.15, -0.1) is 11.3 Å². The normalized spacial score (nSPS) is 9.45. The molecule has 0 spiro atoms. The molecule has 0 saturated heterocycles. The molecule has 11 heavy (non-hydrogen) atoms. The Morgan fingerprint density at radius 2 is 2.36 bits per heavy atom. The molecular weight excluding hydrogens is 222 g/mol. The maximum atomic E-state index is 8.53. The third-order valence-electron chi connectivity index (χ3n) is 1.33. The largest absolute Gasteiger partial charge is 0.192 e. The molecule has 0 fully saturated rings. The van der Waals surface area contributed by atoms with Gasteiger partial charge >= 0.3 is 0 Å². The first-order chi connectivity index (χ1) is 5.36. The summed E-state index contributed by atoms with van der Waals surface area (Å²) in [5.74, 6) is 0. The lowest BCUT2D eigenvalue weighted by molar-refractivity contribution is 0.959. The quantitative estimate of drug-likeness (QED) is 0.732. The molecule has 3 heteroatoms. The van der Waals surface area contributed by atoms with Gasteiger partial charge in [-0.05, 0) is 25.0 Å². The molecule has 1 nitrogen and oxygen atoms in total. The number of alkyl halides is 1. The minimum atomic E-state index is 0.814. The molecule has 58 valence electrons. The van der Waals surface area contributed by atoms with Crippen molar-refractivity contribution in [1.82, 2.24) is 0 Å². The van der Waals surface area contributed by atoms with Gasteiger partial charge in [-0.2, -0.15) is 5.26 Å². The lowest BCUT2D eigenvalue weighted by Crippen LogP contribution is -1.79. The summed E-state index contributed by atoms with van der Waals surface area (Å²) in [4.78, 5) is 2.12. The minimum absolute atomic E-state index is 0.814. The Balaban J connectivity index is 2.53. The maximum absolute atomic E-state index is 8.53. The summed E-state index contributed by atoms with van der Waals surface area (Å²) in [7, 11) is 0. The molecule has 0 aliphatic carbocycles. The van der Waals surface area contributed by atoms with Crippen molar-refractivity contribution in [2.75, 3.05) is 5.33 Å². The van der Waals surface area contributed by atoms with E-state index in [4.69, 9.17) is 5.26 Å². The van der Waals surface area contributed by atoms with E-state index in [1.54, 1.807) is 11.3 Å². The van der Waals surface area contributed by atoms with Crippen molar-refractivity contribution in [2.24, 2.45) is 0 Å². The van der Waals surface area contributed by atoms with E-state index in [0.717, 1.165) is 23.0 Å². The molecule has 1 rings (SSSR count). The molecule has 0 amide bonds. The van der Waals surface area contributed by atoms with Crippen LogP contribution in [-0.2, 0) is 6.42 Å². The van der Waals surface area contributed by atoms with Gasteiger partial charge in [-0.1, -0.05) is 15.9 Å². The summed E-state index contributed by atoms with van der Waals surface area (Å²) < 4.78 is 0. The summed E-state index contributed by atoms with van der Waals surface area (Å²) in [5, 5.41) is 9.56. The lowest BCUT2D eigenvalue weighted by Gasteiger charge is -1.89. The van der Waals surface area contributed by atoms with Gasteiger partial charge in [0.15, 0.2) is 0 Å². The van der Waals surface area contributed by atoms with E-state index in [1.165, 1.54) is 4.88 Å². The number of hydrogen-bond acceptors (Lipinski definition) is 2. The first kappa shape index (κ1) is 8.76. The molecular formula is C8H8BrNS. The third kappa shape index (κ3) is 2.64. The fourth-order valence-corrected chi connectivity index (χ4v) is 1.94. The fourth-order valence-electron chi connectivity index (χ4n) is 0.813. The van der Waals surface area contributed by atoms with Crippen molar-refractivity contribution in [3.63, 3.8) is 0 Å². The van der Waals surface area contributed by atoms with Crippen molar-refractivity contribution < 1.29 is 0 Å². The Bertz CT molecular complexity index is 261. The van der Waals surface area contributed by atoms with Crippen LogP contribution in [0.5, 0.6) is 0 Å². The van der Waals surface area contributed by atoms with Crippen molar-refractivity contribution in [3.8, 4) is 6.07 Å². The van der Waals surface area contributed by atoms with Crippen molar-refractivity contribution in [2.45, 2.75) is 12.8 Å². The molecule has 0 unspecified atom stereocenters. The summed E-state index contributed by atoms with van der Waals surface area (Å²) >= 11 is 4.96. The first-order valence-corrected chi connectivity index (χ1v) is 5.35. The highest BCUT2D eigenvalue weighted by atomic mass is 79.9. The van der Waals surface area contributed by atoms with Crippen LogP contribution in [0.15, 0.2) is 12.1 Å². The molecule has 0 aliphatic rings. The highest BCUT2D eigenvalue weighted by Crippen LogP contribution is 2.16. The van der Waals surface area contributed by atoms with Crippen molar-refractivity contribution in [3.05, 3.63) is 21.9 Å². The smallest absolute Gasteiger partial charge is 0.110 e. The topological polar surface area (TPSA) is 23.8 Å². The van der Waals surface area contributed by atoms with Gasteiger partial charge in [-0.3, -0.25) is 0 Å². The maximum Gasteiger partial charge on any atom is 0.110 e. The molecule has 0 bridgehead atoms. The van der Waals surface area contributed by atoms with Crippen LogP contribution < -0.4 is 0 Å². The van der Waals surface area contributed by atoms with Crippen LogP contribution in [0.1, 0.15) is 16.2 Å². The Kier molecular flexibility index (Phi) is 3.61. The lowest BCUT2D eigenvalue weighted by atomic mass is 10.3. The van der Waals surface area contributed by atoms with E-state index in [2.05, 4.69) is 22.0 Å². The summed E-state index contributed by atoms with van der Waals surface area (Å²) in [5.41, 5.74) is 0. The van der Waals surface area contributed by atoms with Crippen LogP contribution in [0.25, 0.3) is 0 Å². The van der Waals surface area contributed by atoms with Crippen LogP contribution in [0.2, 0.25) is 0 Å². The number of aryl methyl sites for hydroxylation is 1. The minimum Gasteiger partial charge on any atom is -0.192 e. The Hall–Kier alpha value is -0.330. The molecule has 1 aromatic heterocycles. The summed E-state index contributed by atoms with van der Waals surface area (Å²) in [6, 6.07) is 6.05. The SMILES string of the molecule is N#Cc1ccc(CCCBr)s1. The van der Waals surface area contributed by atoms with Crippen LogP contribution in [-0.4, -0.2) is 5.33 Å². The molecule has 1 aromatic rings. The zero-order valence-corrected chi connectivity index (χ0v) is 8.41. The molecule has 0 aromatic carbocycles. The van der Waals surface area contributed by atoms with Gasteiger partial charge in [0, 0.05) is 10.2 Å². The average Bonchev–Trinajstić information content (AvgIpc) is 2.48. The molecule has 0 saturated carbocycles. The van der Waals surface area contributed by atoms with Crippen LogP contribution in [0, 0.1) is 11.3 Å². The monoisotopic (exact) mass is 229 g/mol. The second-order valence-electron chi connectivity index (χ2n) is 2.17. The van der Waals surface area contributed by atoms with E-state index in [0.29, 0.717) is 0 Å². The predicted octanol–water partition coefficient (Wildman–Crippen LogP) is 2.95. The second-order valence-corrected chi connectivity index (χ2v) is 4.13. The van der Waals surface area contributed by atoms with Gasteiger partial charge in [-0.25, -0.2) is 0 Å². The third-order valence-corrected chi connectivity index (χ3v) is 2.94. The van der Waals surface area contributed by atoms with E-state index in [1.807, 2.05) is 12.1 Å². The molecule has 0 radical (unpaired) electrons. The Labute approximate surface area is 78.8 Å². The number of hydrogen-bond donors (Lipinski definition) is 0. The number of halogens is 1. The number of nitriles is 1. The van der Waals surface area contributed by atoms with E-state index < -0.39 is 0 Å². The van der Waals surface area contributed by atoms with Gasteiger partial charge in [0.25, 0.3) is 0 Å². The highest BCUT2D eigenvalue weighted by molar-refractivity contribution is 9.09. The van der Waals surface area contributed by atoms with Crippen LogP contribution in [0.4, 0.5) is 0 Å². The standard InChI is InChI=1S/C8H8BrNS/c9-5-1-2-7-3-4-8(6-10)11-7/h3-4H,1-2,5H2. The van der Waals surface area contributed by atoms with Gasteiger partial charge < -0.3 is 0 Å². The van der Waals surface area contributed by atoms with E-state index in [9.17, 15) is 0 Å². The second kappa shape index (κ2) is 4.53. The van der Waals surface area contributed by atoms with Crippen molar-refractivity contribution in [1.29, 1.82) is 5.26 Å². The predicted molar refractivity (Wildman–Crippen MR) is 51.1 cm³/mol. The summed E-state index contributed by atoms with van der Waals surface area (Å²) in [6.07, 6.45) is 2.23. The number of rotatable bonds is 3. The van der Waals surface area contributed by atoms with E-state index >= 15 is 0 Å². The first-order valence-electron chi connectivity index (χ1n) is 3.41. The fraction of sp³-hybridized carbons (Fsp3) is 0.375.